The lowest BCUT2D eigenvalue weighted by Crippen LogP contribution is -2.08. The number of aromatic nitrogens is 2. The quantitative estimate of drug-likeness (QED) is 0.179. The second kappa shape index (κ2) is 11.1. The number of rotatable bonds is 7. The normalized spacial score (nSPS) is 11.4. The third-order valence-electron chi connectivity index (χ3n) is 8.27. The first-order chi connectivity index (χ1) is 21.1. The van der Waals surface area contributed by atoms with Gasteiger partial charge in [0.2, 0.25) is 5.91 Å². The van der Waals surface area contributed by atoms with Crippen molar-refractivity contribution >= 4 is 33.4 Å². The van der Waals surface area contributed by atoms with Gasteiger partial charge in [-0.25, -0.2) is 0 Å². The van der Waals surface area contributed by atoms with Crippen molar-refractivity contribution in [1.82, 2.24) is 9.97 Å². The van der Waals surface area contributed by atoms with Crippen LogP contribution in [0.3, 0.4) is 0 Å². The second-order valence-electron chi connectivity index (χ2n) is 11.3. The SMILES string of the molecule is CC(=O)Nc1ccccc1Cc1[nH]c2ccccc2c1-c1c(C(c2ccccc2)c2ccccc2)[nH]c2ccc(C)cc12. The number of carbonyl (C=O) groups excluding carboxylic acids is 1. The molecule has 0 radical (unpaired) electrons. The van der Waals surface area contributed by atoms with Crippen LogP contribution < -0.4 is 5.32 Å². The van der Waals surface area contributed by atoms with Crippen LogP contribution in [0.1, 0.15) is 46.5 Å². The number of amides is 1. The van der Waals surface area contributed by atoms with Gasteiger partial charge < -0.3 is 15.3 Å². The van der Waals surface area contributed by atoms with Gasteiger partial charge in [0.25, 0.3) is 0 Å². The average molecular weight is 560 g/mol. The lowest BCUT2D eigenvalue weighted by Gasteiger charge is -2.20. The summed E-state index contributed by atoms with van der Waals surface area (Å²) in [5, 5.41) is 5.41. The summed E-state index contributed by atoms with van der Waals surface area (Å²) in [4.78, 5) is 19.7. The minimum Gasteiger partial charge on any atom is -0.358 e. The highest BCUT2D eigenvalue weighted by atomic mass is 16.1. The van der Waals surface area contributed by atoms with E-state index in [2.05, 4.69) is 131 Å². The number of hydrogen-bond acceptors (Lipinski definition) is 1. The fraction of sp³-hybridized carbons (Fsp3) is 0.103. The van der Waals surface area contributed by atoms with Crippen LogP contribution in [0.5, 0.6) is 0 Å². The molecule has 0 bridgehead atoms. The monoisotopic (exact) mass is 559 g/mol. The molecule has 5 aromatic carbocycles. The Morgan fingerprint density at radius 2 is 1.30 bits per heavy atom. The van der Waals surface area contributed by atoms with Gasteiger partial charge >= 0.3 is 0 Å². The highest BCUT2D eigenvalue weighted by Gasteiger charge is 2.28. The number of H-pyrrole nitrogens is 2. The number of para-hydroxylation sites is 2. The smallest absolute Gasteiger partial charge is 0.221 e. The maximum Gasteiger partial charge on any atom is 0.221 e. The van der Waals surface area contributed by atoms with E-state index < -0.39 is 0 Å². The van der Waals surface area contributed by atoms with Gasteiger partial charge in [0.15, 0.2) is 0 Å². The van der Waals surface area contributed by atoms with Crippen molar-refractivity contribution in [3.63, 3.8) is 0 Å². The molecule has 210 valence electrons. The Bertz CT molecular complexity index is 2030. The standard InChI is InChI=1S/C39H33N3O/c1-25-21-22-34-31(23-25)38(39(42-34)36(27-13-5-3-6-14-27)28-15-7-4-8-16-28)37-30-18-10-12-20-33(30)41-35(37)24-29-17-9-11-19-32(29)40-26(2)43/h3-23,36,41-42H,24H2,1-2H3,(H,40,43). The van der Waals surface area contributed by atoms with Gasteiger partial charge in [-0.05, 0) is 47.9 Å². The van der Waals surface area contributed by atoms with Crippen molar-refractivity contribution in [3.8, 4) is 11.1 Å². The molecular weight excluding hydrogens is 526 g/mol. The fourth-order valence-electron chi connectivity index (χ4n) is 6.42. The third-order valence-corrected chi connectivity index (χ3v) is 8.27. The number of nitrogens with one attached hydrogen (secondary N) is 3. The molecule has 0 atom stereocenters. The topological polar surface area (TPSA) is 60.7 Å². The molecule has 0 unspecified atom stereocenters. The molecule has 0 aliphatic rings. The Morgan fingerprint density at radius 3 is 2.02 bits per heavy atom. The summed E-state index contributed by atoms with van der Waals surface area (Å²) in [6.07, 6.45) is 0.639. The van der Waals surface area contributed by atoms with Gasteiger partial charge in [0.05, 0.1) is 0 Å². The summed E-state index contributed by atoms with van der Waals surface area (Å²) in [7, 11) is 0. The average Bonchev–Trinajstić information content (AvgIpc) is 3.56. The molecule has 3 N–H and O–H groups in total. The zero-order valence-electron chi connectivity index (χ0n) is 24.3. The van der Waals surface area contributed by atoms with Crippen LogP contribution in [0.25, 0.3) is 32.9 Å². The van der Waals surface area contributed by atoms with Crippen molar-refractivity contribution < 1.29 is 4.79 Å². The van der Waals surface area contributed by atoms with Gasteiger partial charge in [-0.15, -0.1) is 0 Å². The number of aromatic amines is 2. The molecule has 2 aromatic heterocycles. The summed E-state index contributed by atoms with van der Waals surface area (Å²) < 4.78 is 0. The van der Waals surface area contributed by atoms with Crippen LogP contribution in [0.4, 0.5) is 5.69 Å². The Balaban J connectivity index is 1.53. The molecule has 4 heteroatoms. The van der Waals surface area contributed by atoms with Crippen molar-refractivity contribution in [2.24, 2.45) is 0 Å². The van der Waals surface area contributed by atoms with E-state index in [4.69, 9.17) is 0 Å². The summed E-state index contributed by atoms with van der Waals surface area (Å²) in [5.74, 6) is -0.0782. The fourth-order valence-corrected chi connectivity index (χ4v) is 6.42. The lowest BCUT2D eigenvalue weighted by atomic mass is 9.84. The minimum absolute atomic E-state index is 0.00159. The summed E-state index contributed by atoms with van der Waals surface area (Å²) in [6, 6.07) is 44.8. The van der Waals surface area contributed by atoms with Gasteiger partial charge in [-0.1, -0.05) is 109 Å². The molecule has 0 aliphatic carbocycles. The van der Waals surface area contributed by atoms with Crippen LogP contribution in [0, 0.1) is 6.92 Å². The molecule has 2 heterocycles. The number of carbonyl (C=O) groups is 1. The number of benzene rings is 5. The highest BCUT2D eigenvalue weighted by Crippen LogP contribution is 2.46. The highest BCUT2D eigenvalue weighted by molar-refractivity contribution is 6.08. The maximum absolute atomic E-state index is 12.1. The number of anilines is 1. The van der Waals surface area contributed by atoms with E-state index in [-0.39, 0.29) is 11.8 Å². The van der Waals surface area contributed by atoms with Crippen molar-refractivity contribution in [2.75, 3.05) is 5.32 Å². The van der Waals surface area contributed by atoms with E-state index in [1.807, 2.05) is 18.2 Å². The first-order valence-corrected chi connectivity index (χ1v) is 14.7. The predicted octanol–water partition coefficient (Wildman–Crippen LogP) is 9.35. The van der Waals surface area contributed by atoms with E-state index >= 15 is 0 Å². The molecule has 0 aliphatic heterocycles. The molecule has 0 saturated carbocycles. The number of fused-ring (bicyclic) bond motifs is 2. The van der Waals surface area contributed by atoms with Crippen LogP contribution in [0.15, 0.2) is 127 Å². The zero-order valence-corrected chi connectivity index (χ0v) is 24.3. The molecule has 0 spiro atoms. The van der Waals surface area contributed by atoms with Crippen LogP contribution in [0.2, 0.25) is 0 Å². The number of hydrogen-bond donors (Lipinski definition) is 3. The first kappa shape index (κ1) is 26.5. The van der Waals surface area contributed by atoms with Gasteiger partial charge in [0, 0.05) is 69.3 Å². The molecule has 7 rings (SSSR count). The predicted molar refractivity (Wildman–Crippen MR) is 178 cm³/mol. The summed E-state index contributed by atoms with van der Waals surface area (Å²) in [6.45, 7) is 3.71. The third kappa shape index (κ3) is 5.02. The first-order valence-electron chi connectivity index (χ1n) is 14.7. The molecule has 4 nitrogen and oxygen atoms in total. The molecular formula is C39H33N3O. The Labute approximate surface area is 251 Å². The van der Waals surface area contributed by atoms with E-state index in [0.717, 1.165) is 28.0 Å². The summed E-state index contributed by atoms with van der Waals surface area (Å²) >= 11 is 0. The van der Waals surface area contributed by atoms with E-state index in [0.29, 0.717) is 6.42 Å². The van der Waals surface area contributed by atoms with Crippen molar-refractivity contribution in [1.29, 1.82) is 0 Å². The van der Waals surface area contributed by atoms with E-state index in [1.54, 1.807) is 6.92 Å². The maximum atomic E-state index is 12.1. The second-order valence-corrected chi connectivity index (χ2v) is 11.3. The van der Waals surface area contributed by atoms with Crippen LogP contribution in [-0.2, 0) is 11.2 Å². The lowest BCUT2D eigenvalue weighted by molar-refractivity contribution is -0.114. The van der Waals surface area contributed by atoms with Crippen molar-refractivity contribution in [3.05, 3.63) is 161 Å². The Morgan fingerprint density at radius 1 is 0.674 bits per heavy atom. The van der Waals surface area contributed by atoms with E-state index in [1.165, 1.54) is 44.3 Å². The van der Waals surface area contributed by atoms with Crippen LogP contribution >= 0.6 is 0 Å². The zero-order chi connectivity index (χ0) is 29.3. The largest absolute Gasteiger partial charge is 0.358 e. The summed E-state index contributed by atoms with van der Waals surface area (Å²) in [5.41, 5.74) is 12.5. The van der Waals surface area contributed by atoms with E-state index in [9.17, 15) is 4.79 Å². The number of aryl methyl sites for hydroxylation is 1. The Hall–Kier alpha value is -5.35. The minimum atomic E-state index is -0.0766. The molecule has 0 saturated heterocycles. The van der Waals surface area contributed by atoms with Gasteiger partial charge in [0.1, 0.15) is 0 Å². The molecule has 7 aromatic rings. The van der Waals surface area contributed by atoms with Crippen LogP contribution in [-0.4, -0.2) is 15.9 Å². The molecule has 0 fully saturated rings. The Kier molecular flexibility index (Phi) is 6.88. The van der Waals surface area contributed by atoms with Gasteiger partial charge in [-0.3, -0.25) is 4.79 Å². The molecule has 1 amide bonds. The van der Waals surface area contributed by atoms with Crippen molar-refractivity contribution in [2.45, 2.75) is 26.2 Å². The van der Waals surface area contributed by atoms with Gasteiger partial charge in [-0.2, -0.15) is 0 Å². The molecule has 43 heavy (non-hydrogen) atoms.